The first-order chi connectivity index (χ1) is 15.3. The SMILES string of the molecule is C=C(Nc1ccc(Oc2nc(-c3c(F)cccc3F)sc2C)cc1)c1c(F)cccc1F. The number of aryl methyl sites for hydroxylation is 1. The van der Waals surface area contributed by atoms with E-state index >= 15 is 0 Å². The van der Waals surface area contributed by atoms with E-state index in [1.165, 1.54) is 24.3 Å². The van der Waals surface area contributed by atoms with Gasteiger partial charge in [0.1, 0.15) is 34.0 Å². The van der Waals surface area contributed by atoms with Gasteiger partial charge in [-0.05, 0) is 55.5 Å². The first kappa shape index (κ1) is 21.6. The number of benzene rings is 3. The summed E-state index contributed by atoms with van der Waals surface area (Å²) in [5.74, 6) is -2.19. The lowest BCUT2D eigenvalue weighted by molar-refractivity contribution is 0.463. The van der Waals surface area contributed by atoms with Crippen LogP contribution in [-0.2, 0) is 0 Å². The average molecular weight is 456 g/mol. The summed E-state index contributed by atoms with van der Waals surface area (Å²) in [6.07, 6.45) is 0. The number of aromatic nitrogens is 1. The summed E-state index contributed by atoms with van der Waals surface area (Å²) in [5.41, 5.74) is 0.169. The third-order valence-corrected chi connectivity index (χ3v) is 5.53. The molecule has 0 aliphatic heterocycles. The van der Waals surface area contributed by atoms with E-state index in [1.54, 1.807) is 31.2 Å². The Morgan fingerprint density at radius 1 is 0.875 bits per heavy atom. The third-order valence-electron chi connectivity index (χ3n) is 4.56. The van der Waals surface area contributed by atoms with Crippen LogP contribution in [0.5, 0.6) is 11.6 Å². The molecule has 4 aromatic rings. The zero-order valence-corrected chi connectivity index (χ0v) is 17.6. The smallest absolute Gasteiger partial charge is 0.233 e. The maximum atomic E-state index is 14.1. The standard InChI is InChI=1S/C24H16F4N2OS/c1-13(21-17(25)5-3-6-18(21)26)29-15-9-11-16(12-10-15)31-23-14(2)32-24(30-23)22-19(27)7-4-8-20(22)28/h3-12,29H,1H2,2H3. The molecule has 3 aromatic carbocycles. The molecule has 0 fully saturated rings. The summed E-state index contributed by atoms with van der Waals surface area (Å²) < 4.78 is 61.7. The van der Waals surface area contributed by atoms with Gasteiger partial charge >= 0.3 is 0 Å². The molecule has 0 aliphatic rings. The van der Waals surface area contributed by atoms with Gasteiger partial charge in [0.2, 0.25) is 5.88 Å². The highest BCUT2D eigenvalue weighted by Gasteiger charge is 2.18. The lowest BCUT2D eigenvalue weighted by atomic mass is 10.1. The fourth-order valence-corrected chi connectivity index (χ4v) is 3.92. The first-order valence-electron chi connectivity index (χ1n) is 9.43. The Labute approximate surface area is 185 Å². The highest BCUT2D eigenvalue weighted by Crippen LogP contribution is 2.36. The van der Waals surface area contributed by atoms with E-state index in [4.69, 9.17) is 4.74 Å². The Morgan fingerprint density at radius 3 is 2.03 bits per heavy atom. The Morgan fingerprint density at radius 2 is 1.44 bits per heavy atom. The molecule has 162 valence electrons. The van der Waals surface area contributed by atoms with Crippen molar-refractivity contribution in [3.63, 3.8) is 0 Å². The number of halogens is 4. The number of hydrogen-bond donors (Lipinski definition) is 1. The second-order valence-corrected chi connectivity index (χ2v) is 8.01. The van der Waals surface area contributed by atoms with Gasteiger partial charge in [0.25, 0.3) is 0 Å². The second kappa shape index (κ2) is 8.84. The van der Waals surface area contributed by atoms with Gasteiger partial charge in [-0.25, -0.2) is 22.5 Å². The van der Waals surface area contributed by atoms with E-state index in [0.717, 1.165) is 23.5 Å². The number of ether oxygens (including phenoxy) is 1. The molecule has 0 bridgehead atoms. The van der Waals surface area contributed by atoms with Crippen LogP contribution >= 0.6 is 11.3 Å². The number of nitrogens with one attached hydrogen (secondary N) is 1. The van der Waals surface area contributed by atoms with Crippen molar-refractivity contribution >= 4 is 22.7 Å². The first-order valence-corrected chi connectivity index (χ1v) is 10.2. The molecule has 0 spiro atoms. The summed E-state index contributed by atoms with van der Waals surface area (Å²) in [6, 6.07) is 13.7. The summed E-state index contributed by atoms with van der Waals surface area (Å²) in [6.45, 7) is 5.43. The van der Waals surface area contributed by atoms with Gasteiger partial charge < -0.3 is 10.1 Å². The number of hydrogen-bond acceptors (Lipinski definition) is 4. The quantitative estimate of drug-likeness (QED) is 0.304. The Kier molecular flexibility index (Phi) is 5.96. The van der Waals surface area contributed by atoms with Crippen LogP contribution in [-0.4, -0.2) is 4.98 Å². The molecular formula is C24H16F4N2OS. The Hall–Kier alpha value is -3.65. The van der Waals surface area contributed by atoms with E-state index in [9.17, 15) is 17.6 Å². The van der Waals surface area contributed by atoms with E-state index in [2.05, 4.69) is 16.9 Å². The van der Waals surface area contributed by atoms with Crippen molar-refractivity contribution in [3.8, 4) is 22.2 Å². The van der Waals surface area contributed by atoms with Gasteiger partial charge in [-0.1, -0.05) is 18.7 Å². The topological polar surface area (TPSA) is 34.1 Å². The molecule has 8 heteroatoms. The van der Waals surface area contributed by atoms with Gasteiger partial charge in [-0.2, -0.15) is 0 Å². The Balaban J connectivity index is 1.50. The highest BCUT2D eigenvalue weighted by molar-refractivity contribution is 7.15. The van der Waals surface area contributed by atoms with Crippen molar-refractivity contribution in [1.29, 1.82) is 0 Å². The van der Waals surface area contributed by atoms with E-state index in [-0.39, 0.29) is 27.7 Å². The van der Waals surface area contributed by atoms with Crippen LogP contribution in [0.15, 0.2) is 67.2 Å². The summed E-state index contributed by atoms with van der Waals surface area (Å²) in [4.78, 5) is 4.88. The molecule has 4 rings (SSSR count). The van der Waals surface area contributed by atoms with Crippen molar-refractivity contribution in [3.05, 3.63) is 101 Å². The fraction of sp³-hybridized carbons (Fsp3) is 0.0417. The normalized spacial score (nSPS) is 10.8. The van der Waals surface area contributed by atoms with Crippen LogP contribution < -0.4 is 10.1 Å². The molecule has 0 atom stereocenters. The van der Waals surface area contributed by atoms with Crippen LogP contribution in [0.2, 0.25) is 0 Å². The molecule has 0 saturated heterocycles. The molecule has 0 unspecified atom stereocenters. The van der Waals surface area contributed by atoms with Gasteiger partial charge in [0.15, 0.2) is 0 Å². The summed E-state index contributed by atoms with van der Waals surface area (Å²) in [5, 5.41) is 3.03. The molecular weight excluding hydrogens is 440 g/mol. The summed E-state index contributed by atoms with van der Waals surface area (Å²) in [7, 11) is 0. The maximum Gasteiger partial charge on any atom is 0.233 e. The molecule has 3 nitrogen and oxygen atoms in total. The zero-order valence-electron chi connectivity index (χ0n) is 16.8. The second-order valence-electron chi connectivity index (χ2n) is 6.80. The molecule has 0 radical (unpaired) electrons. The average Bonchev–Trinajstić information content (AvgIpc) is 3.09. The third kappa shape index (κ3) is 4.36. The summed E-state index contributed by atoms with van der Waals surface area (Å²) >= 11 is 1.12. The van der Waals surface area contributed by atoms with E-state index in [1.807, 2.05) is 0 Å². The monoisotopic (exact) mass is 456 g/mol. The van der Waals surface area contributed by atoms with Crippen LogP contribution in [0, 0.1) is 30.2 Å². The fourth-order valence-electron chi connectivity index (χ4n) is 3.03. The van der Waals surface area contributed by atoms with Crippen molar-refractivity contribution in [2.24, 2.45) is 0 Å². The van der Waals surface area contributed by atoms with Crippen molar-refractivity contribution < 1.29 is 22.3 Å². The van der Waals surface area contributed by atoms with Crippen LogP contribution in [0.1, 0.15) is 10.4 Å². The van der Waals surface area contributed by atoms with Crippen molar-refractivity contribution in [2.75, 3.05) is 5.32 Å². The van der Waals surface area contributed by atoms with Gasteiger partial charge in [-0.3, -0.25) is 0 Å². The minimum atomic E-state index is -0.719. The maximum absolute atomic E-state index is 14.1. The van der Waals surface area contributed by atoms with Gasteiger partial charge in [0.05, 0.1) is 16.0 Å². The lowest BCUT2D eigenvalue weighted by Gasteiger charge is -2.12. The van der Waals surface area contributed by atoms with Crippen LogP contribution in [0.3, 0.4) is 0 Å². The number of nitrogens with zero attached hydrogens (tertiary/aromatic N) is 1. The van der Waals surface area contributed by atoms with E-state index in [0.29, 0.717) is 16.3 Å². The highest BCUT2D eigenvalue weighted by atomic mass is 32.1. The molecule has 0 amide bonds. The number of thiazole rings is 1. The van der Waals surface area contributed by atoms with E-state index < -0.39 is 23.3 Å². The molecule has 32 heavy (non-hydrogen) atoms. The number of anilines is 1. The van der Waals surface area contributed by atoms with Crippen LogP contribution in [0.4, 0.5) is 23.2 Å². The lowest BCUT2D eigenvalue weighted by Crippen LogP contribution is -2.02. The predicted octanol–water partition coefficient (Wildman–Crippen LogP) is 7.55. The minimum absolute atomic E-state index is 0.0705. The molecule has 1 N–H and O–H groups in total. The molecule has 0 saturated carbocycles. The molecule has 0 aliphatic carbocycles. The largest absolute Gasteiger partial charge is 0.438 e. The van der Waals surface area contributed by atoms with Gasteiger partial charge in [-0.15, -0.1) is 11.3 Å². The Bertz CT molecular complexity index is 1260. The van der Waals surface area contributed by atoms with Crippen LogP contribution in [0.25, 0.3) is 16.3 Å². The van der Waals surface area contributed by atoms with Gasteiger partial charge in [0, 0.05) is 11.4 Å². The van der Waals surface area contributed by atoms with Crippen molar-refractivity contribution in [2.45, 2.75) is 6.92 Å². The minimum Gasteiger partial charge on any atom is -0.438 e. The molecule has 1 aromatic heterocycles. The predicted molar refractivity (Wildman–Crippen MR) is 118 cm³/mol. The molecule has 1 heterocycles. The zero-order chi connectivity index (χ0) is 22.8. The van der Waals surface area contributed by atoms with Crippen molar-refractivity contribution in [1.82, 2.24) is 4.98 Å². The number of rotatable bonds is 6.